The quantitative estimate of drug-likeness (QED) is 0.733. The minimum absolute atomic E-state index is 0.486. The third-order valence-corrected chi connectivity index (χ3v) is 2.75. The Bertz CT molecular complexity index is 440. The van der Waals surface area contributed by atoms with Gasteiger partial charge in [0.2, 0.25) is 0 Å². The van der Waals surface area contributed by atoms with Crippen LogP contribution in [-0.4, -0.2) is 7.11 Å². The van der Waals surface area contributed by atoms with Crippen LogP contribution in [0.25, 0.3) is 5.57 Å². The molecule has 0 heterocycles. The van der Waals surface area contributed by atoms with Gasteiger partial charge in [-0.15, -0.1) is 0 Å². The molecule has 0 aromatic heterocycles. The summed E-state index contributed by atoms with van der Waals surface area (Å²) in [7, 11) is 1.69. The Hall–Kier alpha value is -1.75. The largest absolute Gasteiger partial charge is 0.496 e. The Kier molecular flexibility index (Phi) is 2.73. The van der Waals surface area contributed by atoms with Crippen LogP contribution >= 0.6 is 0 Å². The molecule has 2 rings (SSSR count). The average Bonchev–Trinajstić information content (AvgIpc) is 2.29. The minimum atomic E-state index is 0.486. The van der Waals surface area contributed by atoms with Crippen LogP contribution in [0.15, 0.2) is 24.3 Å². The number of hydrogen-bond acceptors (Lipinski definition) is 2. The molecule has 0 unspecified atom stereocenters. The van der Waals surface area contributed by atoms with Crippen molar-refractivity contribution in [2.45, 2.75) is 19.3 Å². The first-order valence-corrected chi connectivity index (χ1v) is 5.09. The van der Waals surface area contributed by atoms with E-state index in [0.717, 1.165) is 24.2 Å². The second kappa shape index (κ2) is 4.18. The smallest absolute Gasteiger partial charge is 0.122 e. The summed E-state index contributed by atoms with van der Waals surface area (Å²) < 4.78 is 5.33. The molecule has 0 saturated heterocycles. The summed E-state index contributed by atoms with van der Waals surface area (Å²) in [5.74, 6) is 0.941. The van der Waals surface area contributed by atoms with E-state index in [2.05, 4.69) is 18.2 Å². The number of nitriles is 1. The van der Waals surface area contributed by atoms with Gasteiger partial charge in [-0.1, -0.05) is 18.2 Å². The second-order valence-electron chi connectivity index (χ2n) is 3.59. The Morgan fingerprint density at radius 1 is 1.47 bits per heavy atom. The van der Waals surface area contributed by atoms with E-state index in [1.54, 1.807) is 7.11 Å². The van der Waals surface area contributed by atoms with Crippen molar-refractivity contribution in [3.8, 4) is 11.8 Å². The highest BCUT2D eigenvalue weighted by molar-refractivity contribution is 5.73. The van der Waals surface area contributed by atoms with Crippen molar-refractivity contribution < 1.29 is 4.74 Å². The van der Waals surface area contributed by atoms with Gasteiger partial charge in [0.05, 0.1) is 19.6 Å². The van der Waals surface area contributed by atoms with Gasteiger partial charge in [0.1, 0.15) is 5.75 Å². The molecule has 0 amide bonds. The average molecular weight is 199 g/mol. The van der Waals surface area contributed by atoms with Crippen LogP contribution in [0.1, 0.15) is 24.0 Å². The molecule has 0 spiro atoms. The number of benzene rings is 1. The first-order valence-electron chi connectivity index (χ1n) is 5.09. The van der Waals surface area contributed by atoms with E-state index >= 15 is 0 Å². The molecular weight excluding hydrogens is 186 g/mol. The monoisotopic (exact) mass is 199 g/mol. The molecule has 1 aliphatic carbocycles. The Morgan fingerprint density at radius 2 is 2.33 bits per heavy atom. The first-order chi connectivity index (χ1) is 7.36. The third-order valence-electron chi connectivity index (χ3n) is 2.75. The highest BCUT2D eigenvalue weighted by Gasteiger charge is 2.15. The summed E-state index contributed by atoms with van der Waals surface area (Å²) in [6, 6.07) is 8.24. The van der Waals surface area contributed by atoms with E-state index in [-0.39, 0.29) is 0 Å². The molecule has 0 saturated carbocycles. The van der Waals surface area contributed by atoms with Gasteiger partial charge in [-0.3, -0.25) is 0 Å². The summed E-state index contributed by atoms with van der Waals surface area (Å²) in [6.07, 6.45) is 4.66. The Balaban J connectivity index is 2.48. The zero-order valence-electron chi connectivity index (χ0n) is 8.79. The highest BCUT2D eigenvalue weighted by Crippen LogP contribution is 2.33. The van der Waals surface area contributed by atoms with E-state index in [1.807, 2.05) is 12.1 Å². The lowest BCUT2D eigenvalue weighted by molar-refractivity contribution is 0.409. The van der Waals surface area contributed by atoms with Gasteiger partial charge in [-0.25, -0.2) is 0 Å². The van der Waals surface area contributed by atoms with Crippen molar-refractivity contribution in [2.75, 3.05) is 7.11 Å². The lowest BCUT2D eigenvalue weighted by Crippen LogP contribution is -2.02. The van der Waals surface area contributed by atoms with Gasteiger partial charge in [0.25, 0.3) is 0 Å². The molecule has 0 bridgehead atoms. The number of ether oxygens (including phenoxy) is 1. The van der Waals surface area contributed by atoms with Crippen LogP contribution in [0.5, 0.6) is 5.75 Å². The van der Waals surface area contributed by atoms with Crippen LogP contribution < -0.4 is 4.74 Å². The fourth-order valence-corrected chi connectivity index (χ4v) is 2.07. The van der Waals surface area contributed by atoms with Gasteiger partial charge in [-0.2, -0.15) is 5.26 Å². The molecule has 0 aliphatic heterocycles. The fraction of sp³-hybridized carbons (Fsp3) is 0.308. The van der Waals surface area contributed by atoms with E-state index in [9.17, 15) is 0 Å². The van der Waals surface area contributed by atoms with Crippen molar-refractivity contribution in [1.82, 2.24) is 0 Å². The predicted molar refractivity (Wildman–Crippen MR) is 59.5 cm³/mol. The van der Waals surface area contributed by atoms with Crippen LogP contribution in [0.2, 0.25) is 0 Å². The van der Waals surface area contributed by atoms with E-state index in [1.165, 1.54) is 11.1 Å². The molecule has 15 heavy (non-hydrogen) atoms. The van der Waals surface area contributed by atoms with Crippen molar-refractivity contribution in [3.05, 3.63) is 35.4 Å². The normalized spacial score (nSPS) is 13.7. The summed E-state index contributed by atoms with van der Waals surface area (Å²) in [6.45, 7) is 0. The molecule has 2 heteroatoms. The number of nitrogens with zero attached hydrogens (tertiary/aromatic N) is 1. The maximum atomic E-state index is 8.75. The SMILES string of the molecule is COc1cccc2c1CCC=C2CC#N. The number of hydrogen-bond donors (Lipinski definition) is 0. The molecular formula is C13H13NO. The summed E-state index contributed by atoms with van der Waals surface area (Å²) in [5.41, 5.74) is 3.56. The topological polar surface area (TPSA) is 33.0 Å². The zero-order valence-corrected chi connectivity index (χ0v) is 8.79. The third kappa shape index (κ3) is 1.73. The summed E-state index contributed by atoms with van der Waals surface area (Å²) in [5, 5.41) is 8.75. The fourth-order valence-electron chi connectivity index (χ4n) is 2.07. The summed E-state index contributed by atoms with van der Waals surface area (Å²) in [4.78, 5) is 0. The second-order valence-corrected chi connectivity index (χ2v) is 3.59. The molecule has 0 atom stereocenters. The van der Waals surface area contributed by atoms with Crippen molar-refractivity contribution in [2.24, 2.45) is 0 Å². The molecule has 0 radical (unpaired) electrons. The van der Waals surface area contributed by atoms with Crippen LogP contribution in [0, 0.1) is 11.3 Å². The first kappa shape index (κ1) is 9.79. The Labute approximate surface area is 89.8 Å². The van der Waals surface area contributed by atoms with Crippen molar-refractivity contribution in [3.63, 3.8) is 0 Å². The minimum Gasteiger partial charge on any atom is -0.496 e. The lowest BCUT2D eigenvalue weighted by Gasteiger charge is -2.18. The van der Waals surface area contributed by atoms with E-state index < -0.39 is 0 Å². The van der Waals surface area contributed by atoms with E-state index in [0.29, 0.717) is 6.42 Å². The van der Waals surface area contributed by atoms with Gasteiger partial charge in [0, 0.05) is 5.56 Å². The molecule has 0 fully saturated rings. The summed E-state index contributed by atoms with van der Waals surface area (Å²) >= 11 is 0. The van der Waals surface area contributed by atoms with Crippen LogP contribution in [0.4, 0.5) is 0 Å². The van der Waals surface area contributed by atoms with E-state index in [4.69, 9.17) is 10.00 Å². The maximum absolute atomic E-state index is 8.75. The predicted octanol–water partition coefficient (Wildman–Crippen LogP) is 2.94. The number of rotatable bonds is 2. The molecule has 1 aromatic rings. The number of allylic oxidation sites excluding steroid dienone is 2. The number of methoxy groups -OCH3 is 1. The zero-order chi connectivity index (χ0) is 10.7. The van der Waals surface area contributed by atoms with Crippen molar-refractivity contribution >= 4 is 5.57 Å². The standard InChI is InChI=1S/C13H13NO/c1-15-13-7-3-5-11-10(8-9-14)4-2-6-12(11)13/h3-5,7H,2,6,8H2,1H3. The Morgan fingerprint density at radius 3 is 3.07 bits per heavy atom. The van der Waals surface area contributed by atoms with Gasteiger partial charge >= 0.3 is 0 Å². The molecule has 2 nitrogen and oxygen atoms in total. The molecule has 76 valence electrons. The highest BCUT2D eigenvalue weighted by atomic mass is 16.5. The molecule has 0 N–H and O–H groups in total. The van der Waals surface area contributed by atoms with Crippen molar-refractivity contribution in [1.29, 1.82) is 5.26 Å². The lowest BCUT2D eigenvalue weighted by atomic mass is 9.89. The van der Waals surface area contributed by atoms with Crippen LogP contribution in [0.3, 0.4) is 0 Å². The van der Waals surface area contributed by atoms with Gasteiger partial charge in [-0.05, 0) is 30.0 Å². The maximum Gasteiger partial charge on any atom is 0.122 e. The van der Waals surface area contributed by atoms with Gasteiger partial charge in [0.15, 0.2) is 0 Å². The molecule has 1 aliphatic rings. The van der Waals surface area contributed by atoms with Gasteiger partial charge < -0.3 is 4.74 Å². The molecule has 1 aromatic carbocycles. The number of fused-ring (bicyclic) bond motifs is 1. The van der Waals surface area contributed by atoms with Crippen LogP contribution in [-0.2, 0) is 6.42 Å².